The number of rotatable bonds is 8. The molecule has 0 atom stereocenters. The Hall–Kier alpha value is -3.55. The molecular weight excluding hydrogens is 384 g/mol. The molecule has 4 aromatic rings. The van der Waals surface area contributed by atoms with Gasteiger partial charge >= 0.3 is 0 Å². The molecule has 0 aliphatic carbocycles. The Bertz CT molecular complexity index is 1220. The summed E-state index contributed by atoms with van der Waals surface area (Å²) >= 11 is 0. The number of aryl methyl sites for hydroxylation is 1. The molecule has 31 heavy (non-hydrogen) atoms. The maximum absolute atomic E-state index is 7.42. The lowest BCUT2D eigenvalue weighted by atomic mass is 10.0. The van der Waals surface area contributed by atoms with E-state index in [1.165, 1.54) is 16.7 Å². The summed E-state index contributed by atoms with van der Waals surface area (Å²) in [4.78, 5) is 3.64. The Morgan fingerprint density at radius 2 is 1.77 bits per heavy atom. The first-order valence-electron chi connectivity index (χ1n) is 10.5. The van der Waals surface area contributed by atoms with Crippen LogP contribution in [0.1, 0.15) is 18.1 Å². The normalized spacial score (nSPS) is 10.9. The van der Waals surface area contributed by atoms with Crippen LogP contribution in [-0.2, 0) is 17.7 Å². The van der Waals surface area contributed by atoms with Gasteiger partial charge in [0.2, 0.25) is 0 Å². The van der Waals surface area contributed by atoms with Gasteiger partial charge < -0.3 is 14.0 Å². The van der Waals surface area contributed by atoms with Crippen molar-refractivity contribution in [2.45, 2.75) is 19.9 Å². The third-order valence-corrected chi connectivity index (χ3v) is 5.47. The van der Waals surface area contributed by atoms with Crippen LogP contribution in [0.2, 0.25) is 0 Å². The summed E-state index contributed by atoms with van der Waals surface area (Å²) < 4.78 is 13.0. The zero-order chi connectivity index (χ0) is 21.6. The highest BCUT2D eigenvalue weighted by Gasteiger charge is 2.12. The van der Waals surface area contributed by atoms with Gasteiger partial charge in [-0.15, -0.1) is 0 Å². The van der Waals surface area contributed by atoms with Crippen molar-refractivity contribution in [2.75, 3.05) is 20.3 Å². The predicted molar refractivity (Wildman–Crippen MR) is 126 cm³/mol. The first kappa shape index (κ1) is 20.7. The average molecular weight is 411 g/mol. The molecule has 4 nitrogen and oxygen atoms in total. The smallest absolute Gasteiger partial charge is 0.188 e. The highest BCUT2D eigenvalue weighted by molar-refractivity contribution is 5.98. The van der Waals surface area contributed by atoms with Crippen LogP contribution < -0.4 is 4.74 Å². The van der Waals surface area contributed by atoms with Crippen molar-refractivity contribution >= 4 is 16.6 Å². The van der Waals surface area contributed by atoms with Gasteiger partial charge in [-0.2, -0.15) is 0 Å². The first-order valence-corrected chi connectivity index (χ1v) is 10.5. The highest BCUT2D eigenvalue weighted by atomic mass is 16.5. The van der Waals surface area contributed by atoms with Gasteiger partial charge in [0.05, 0.1) is 13.2 Å². The van der Waals surface area contributed by atoms with Crippen LogP contribution in [-0.4, -0.2) is 24.9 Å². The minimum absolute atomic E-state index is 0.543. The molecular formula is C27H26N2O2. The fourth-order valence-electron chi connectivity index (χ4n) is 3.80. The maximum atomic E-state index is 7.42. The molecule has 156 valence electrons. The molecule has 0 aliphatic heterocycles. The van der Waals surface area contributed by atoms with Crippen LogP contribution in [0, 0.1) is 6.57 Å². The van der Waals surface area contributed by atoms with Crippen molar-refractivity contribution in [1.82, 2.24) is 4.57 Å². The standard InChI is InChI=1S/C27H26N2O2/c1-4-20-6-5-7-22(16-20)26-19-29(27-13-10-23(28-2)17-25(26)27)18-21-8-11-24(12-9-21)31-15-14-30-3/h5-13,16-17,19H,4,14-15,18H2,1,3H3. The molecule has 1 heterocycles. The van der Waals surface area contributed by atoms with Crippen LogP contribution in [0.5, 0.6) is 5.75 Å². The minimum Gasteiger partial charge on any atom is -0.491 e. The van der Waals surface area contributed by atoms with Crippen molar-refractivity contribution in [2.24, 2.45) is 0 Å². The van der Waals surface area contributed by atoms with Crippen molar-refractivity contribution in [1.29, 1.82) is 0 Å². The lowest BCUT2D eigenvalue weighted by molar-refractivity contribution is 0.146. The second-order valence-corrected chi connectivity index (χ2v) is 7.52. The lowest BCUT2D eigenvalue weighted by Gasteiger charge is -2.08. The number of fused-ring (bicyclic) bond motifs is 1. The van der Waals surface area contributed by atoms with Crippen LogP contribution >= 0.6 is 0 Å². The molecule has 0 radical (unpaired) electrons. The number of ether oxygens (including phenoxy) is 2. The molecule has 0 fully saturated rings. The van der Waals surface area contributed by atoms with Crippen molar-refractivity contribution in [3.63, 3.8) is 0 Å². The molecule has 0 bridgehead atoms. The Morgan fingerprint density at radius 1 is 0.935 bits per heavy atom. The van der Waals surface area contributed by atoms with Gasteiger partial charge in [0.15, 0.2) is 5.69 Å². The number of methoxy groups -OCH3 is 1. The second kappa shape index (κ2) is 9.51. The molecule has 3 aromatic carbocycles. The van der Waals surface area contributed by atoms with E-state index in [4.69, 9.17) is 16.0 Å². The van der Waals surface area contributed by atoms with Gasteiger partial charge in [0, 0.05) is 30.9 Å². The topological polar surface area (TPSA) is 27.8 Å². The summed E-state index contributed by atoms with van der Waals surface area (Å²) in [5.74, 6) is 0.844. The molecule has 4 heteroatoms. The molecule has 0 unspecified atom stereocenters. The van der Waals surface area contributed by atoms with Gasteiger partial charge in [-0.25, -0.2) is 4.85 Å². The molecule has 0 spiro atoms. The Labute approximate surface area is 183 Å². The highest BCUT2D eigenvalue weighted by Crippen LogP contribution is 2.34. The van der Waals surface area contributed by atoms with E-state index in [9.17, 15) is 0 Å². The Balaban J connectivity index is 1.69. The number of benzene rings is 3. The van der Waals surface area contributed by atoms with Crippen molar-refractivity contribution in [3.8, 4) is 16.9 Å². The fraction of sp³-hybridized carbons (Fsp3) is 0.222. The number of hydrogen-bond acceptors (Lipinski definition) is 2. The molecule has 0 aliphatic rings. The number of aromatic nitrogens is 1. The number of hydrogen-bond donors (Lipinski definition) is 0. The average Bonchev–Trinajstić information content (AvgIpc) is 3.18. The van der Waals surface area contributed by atoms with Crippen LogP contribution in [0.3, 0.4) is 0 Å². The van der Waals surface area contributed by atoms with Crippen LogP contribution in [0.25, 0.3) is 26.9 Å². The van der Waals surface area contributed by atoms with E-state index in [0.29, 0.717) is 18.9 Å². The summed E-state index contributed by atoms with van der Waals surface area (Å²) in [5, 5.41) is 1.11. The van der Waals surface area contributed by atoms with Crippen LogP contribution in [0.15, 0.2) is 72.9 Å². The molecule has 1 aromatic heterocycles. The fourth-order valence-corrected chi connectivity index (χ4v) is 3.80. The minimum atomic E-state index is 0.543. The van der Waals surface area contributed by atoms with Crippen molar-refractivity contribution in [3.05, 3.63) is 95.5 Å². The van der Waals surface area contributed by atoms with Gasteiger partial charge in [-0.05, 0) is 52.8 Å². The van der Waals surface area contributed by atoms with E-state index >= 15 is 0 Å². The number of nitrogens with zero attached hydrogens (tertiary/aromatic N) is 2. The quantitative estimate of drug-likeness (QED) is 0.245. The molecule has 0 saturated carbocycles. The zero-order valence-corrected chi connectivity index (χ0v) is 18.0. The van der Waals surface area contributed by atoms with E-state index in [2.05, 4.69) is 65.0 Å². The summed E-state index contributed by atoms with van der Waals surface area (Å²) in [6.07, 6.45) is 3.20. The van der Waals surface area contributed by atoms with E-state index < -0.39 is 0 Å². The summed E-state index contributed by atoms with van der Waals surface area (Å²) in [5.41, 5.74) is 6.64. The lowest BCUT2D eigenvalue weighted by Crippen LogP contribution is -2.04. The van der Waals surface area contributed by atoms with Gasteiger partial charge in [0.25, 0.3) is 0 Å². The third-order valence-electron chi connectivity index (χ3n) is 5.47. The van der Waals surface area contributed by atoms with Crippen LogP contribution in [0.4, 0.5) is 5.69 Å². The third kappa shape index (κ3) is 4.63. The summed E-state index contributed by atoms with van der Waals surface area (Å²) in [6, 6.07) is 22.8. The van der Waals surface area contributed by atoms with Crippen molar-refractivity contribution < 1.29 is 9.47 Å². The molecule has 4 rings (SSSR count). The Morgan fingerprint density at radius 3 is 2.52 bits per heavy atom. The monoisotopic (exact) mass is 410 g/mol. The van der Waals surface area contributed by atoms with Gasteiger partial charge in [-0.1, -0.05) is 49.4 Å². The molecule has 0 amide bonds. The predicted octanol–water partition coefficient (Wildman–Crippen LogP) is 6.49. The maximum Gasteiger partial charge on any atom is 0.188 e. The van der Waals surface area contributed by atoms with E-state index in [1.807, 2.05) is 24.3 Å². The largest absolute Gasteiger partial charge is 0.491 e. The van der Waals surface area contributed by atoms with Gasteiger partial charge in [0.1, 0.15) is 12.4 Å². The zero-order valence-electron chi connectivity index (χ0n) is 18.0. The van der Waals surface area contributed by atoms with E-state index in [1.54, 1.807) is 7.11 Å². The molecule has 0 saturated heterocycles. The summed E-state index contributed by atoms with van der Waals surface area (Å²) in [7, 11) is 1.67. The Kier molecular flexibility index (Phi) is 6.35. The van der Waals surface area contributed by atoms with Gasteiger partial charge in [-0.3, -0.25) is 0 Å². The SMILES string of the molecule is [C-]#[N+]c1ccc2c(c1)c(-c1cccc(CC)c1)cn2Cc1ccc(OCCOC)cc1. The summed E-state index contributed by atoms with van der Waals surface area (Å²) in [6.45, 7) is 11.5. The second-order valence-electron chi connectivity index (χ2n) is 7.52. The first-order chi connectivity index (χ1) is 15.2. The van der Waals surface area contributed by atoms with E-state index in [0.717, 1.165) is 35.2 Å². The molecule has 0 N–H and O–H groups in total. The van der Waals surface area contributed by atoms with E-state index in [-0.39, 0.29) is 0 Å².